The van der Waals surface area contributed by atoms with Crippen LogP contribution in [0.4, 0.5) is 26.3 Å². The molecule has 58 heavy (non-hydrogen) atoms. The molecule has 0 unspecified atom stereocenters. The van der Waals surface area contributed by atoms with E-state index in [0.29, 0.717) is 66.8 Å². The molecule has 4 aliphatic rings. The summed E-state index contributed by atoms with van der Waals surface area (Å²) in [5, 5.41) is 0. The van der Waals surface area contributed by atoms with E-state index in [9.17, 15) is 0 Å². The molecule has 0 saturated heterocycles. The second-order valence-electron chi connectivity index (χ2n) is 15.9. The summed E-state index contributed by atoms with van der Waals surface area (Å²) in [6.07, 6.45) is 0. The maximum Gasteiger partial charge on any atom is 0.132 e. The van der Waals surface area contributed by atoms with Crippen LogP contribution in [-0.4, -0.2) is 19.6 Å². The van der Waals surface area contributed by atoms with E-state index in [1.54, 1.807) is 109 Å². The minimum atomic E-state index is -0.484. The van der Waals surface area contributed by atoms with Crippen LogP contribution in [0.1, 0.15) is 66.8 Å². The highest BCUT2D eigenvalue weighted by atomic mass is 19.1. The first kappa shape index (κ1) is 38.3. The summed E-state index contributed by atoms with van der Waals surface area (Å²) in [5.41, 5.74) is 4.35. The molecule has 0 amide bonds. The molecule has 0 saturated carbocycles. The highest BCUT2D eigenvalue weighted by Crippen LogP contribution is 2.30. The number of halogens is 6. The third-order valence-corrected chi connectivity index (χ3v) is 11.7. The van der Waals surface area contributed by atoms with Gasteiger partial charge in [0.15, 0.2) is 0 Å². The molecule has 4 nitrogen and oxygen atoms in total. The zero-order chi connectivity index (χ0) is 39.9. The van der Waals surface area contributed by atoms with Crippen molar-refractivity contribution in [3.05, 3.63) is 211 Å². The minimum absolute atomic E-state index is 0.0403. The van der Waals surface area contributed by atoms with Crippen molar-refractivity contribution in [2.24, 2.45) is 0 Å². The number of hydrogen-bond donors (Lipinski definition) is 0. The van der Waals surface area contributed by atoms with Crippen LogP contribution in [0.2, 0.25) is 0 Å². The summed E-state index contributed by atoms with van der Waals surface area (Å²) in [6.45, 7) is 0.697. The summed E-state index contributed by atoms with van der Waals surface area (Å²) < 4.78 is 99.5. The van der Waals surface area contributed by atoms with Gasteiger partial charge in [0, 0.05) is 145 Å². The highest BCUT2D eigenvalue weighted by molar-refractivity contribution is 5.34. The van der Waals surface area contributed by atoms with E-state index >= 15 is 26.3 Å². The minimum Gasteiger partial charge on any atom is -0.290 e. The van der Waals surface area contributed by atoms with E-state index in [1.807, 2.05) is 19.6 Å². The fourth-order valence-corrected chi connectivity index (χ4v) is 8.82. The maximum absolute atomic E-state index is 16.8. The van der Waals surface area contributed by atoms with Crippen LogP contribution in [0.15, 0.2) is 109 Å². The quantitative estimate of drug-likeness (QED) is 0.142. The van der Waals surface area contributed by atoms with E-state index < -0.39 is 34.9 Å². The van der Waals surface area contributed by atoms with Crippen LogP contribution in [0.3, 0.4) is 0 Å². The molecule has 0 aliphatic carbocycles. The summed E-state index contributed by atoms with van der Waals surface area (Å²) in [4.78, 5) is 7.30. The van der Waals surface area contributed by atoms with Gasteiger partial charge in [0.05, 0.1) is 0 Å². The zero-order valence-electron chi connectivity index (χ0n) is 31.9. The molecule has 0 spiro atoms. The molecule has 296 valence electrons. The average molecular weight is 789 g/mol. The Morgan fingerprint density at radius 2 is 0.310 bits per heavy atom. The van der Waals surface area contributed by atoms with E-state index in [-0.39, 0.29) is 78.5 Å². The second-order valence-corrected chi connectivity index (χ2v) is 15.9. The van der Waals surface area contributed by atoms with Crippen molar-refractivity contribution >= 4 is 0 Å². The Morgan fingerprint density at radius 1 is 0.207 bits per heavy atom. The van der Waals surface area contributed by atoms with Crippen molar-refractivity contribution in [2.75, 3.05) is 0 Å². The SMILES string of the molecule is Fc1c2cccc1CN1Cc3cccc(c3F)CN(C2)Cc2cccc(c2F)CN2Cc3cccc(c3F)CN(Cc3cccc(c3F)C2)Cc2cccc(c2F)C1. The monoisotopic (exact) mass is 788 g/mol. The van der Waals surface area contributed by atoms with E-state index in [0.717, 1.165) is 0 Å². The van der Waals surface area contributed by atoms with Gasteiger partial charge in [-0.25, -0.2) is 26.3 Å². The van der Waals surface area contributed by atoms with Gasteiger partial charge in [0.2, 0.25) is 0 Å². The van der Waals surface area contributed by atoms with Gasteiger partial charge in [0.1, 0.15) is 34.9 Å². The van der Waals surface area contributed by atoms with E-state index in [4.69, 9.17) is 0 Å². The molecular formula is C48H42F6N4. The van der Waals surface area contributed by atoms with Gasteiger partial charge in [-0.2, -0.15) is 0 Å². The lowest BCUT2D eigenvalue weighted by atomic mass is 10.0. The van der Waals surface area contributed by atoms with Crippen LogP contribution in [0.5, 0.6) is 0 Å². The fourth-order valence-electron chi connectivity index (χ4n) is 8.82. The summed E-state index contributed by atoms with van der Waals surface area (Å²) in [5.74, 6) is -2.61. The molecule has 10 heteroatoms. The first-order valence-corrected chi connectivity index (χ1v) is 19.6. The first-order chi connectivity index (χ1) is 28.2. The number of hydrogen-bond acceptors (Lipinski definition) is 4. The molecule has 0 N–H and O–H groups in total. The van der Waals surface area contributed by atoms with Gasteiger partial charge in [-0.15, -0.1) is 0 Å². The molecule has 0 aromatic heterocycles. The molecule has 16 bridgehead atoms. The Kier molecular flexibility index (Phi) is 10.7. The Labute approximate surface area is 334 Å². The molecule has 6 aromatic carbocycles. The predicted octanol–water partition coefficient (Wildman–Crippen LogP) is 10.3. The molecule has 0 atom stereocenters. The lowest BCUT2D eigenvalue weighted by Crippen LogP contribution is -2.29. The smallest absolute Gasteiger partial charge is 0.132 e. The molecule has 4 aliphatic heterocycles. The van der Waals surface area contributed by atoms with Gasteiger partial charge in [0.25, 0.3) is 0 Å². The number of nitrogens with zero attached hydrogens (tertiary/aromatic N) is 4. The van der Waals surface area contributed by atoms with Crippen molar-refractivity contribution in [1.29, 1.82) is 0 Å². The van der Waals surface area contributed by atoms with Gasteiger partial charge in [-0.1, -0.05) is 109 Å². The van der Waals surface area contributed by atoms with Gasteiger partial charge in [-0.05, 0) is 0 Å². The van der Waals surface area contributed by atoms with Crippen LogP contribution in [-0.2, 0) is 78.5 Å². The Hall–Kier alpha value is -5.26. The van der Waals surface area contributed by atoms with Crippen molar-refractivity contribution < 1.29 is 26.3 Å². The highest BCUT2D eigenvalue weighted by Gasteiger charge is 2.26. The summed E-state index contributed by atoms with van der Waals surface area (Å²) in [7, 11) is 0. The fraction of sp³-hybridized carbons (Fsp3) is 0.250. The molecule has 4 heterocycles. The zero-order valence-corrected chi connectivity index (χ0v) is 31.9. The van der Waals surface area contributed by atoms with Gasteiger partial charge >= 0.3 is 0 Å². The maximum atomic E-state index is 16.8. The molecule has 10 rings (SSSR count). The Balaban J connectivity index is 1.22. The van der Waals surface area contributed by atoms with Crippen molar-refractivity contribution in [1.82, 2.24) is 19.6 Å². The van der Waals surface area contributed by atoms with Crippen LogP contribution < -0.4 is 0 Å². The average Bonchev–Trinajstić information content (AvgIpc) is 3.19. The normalized spacial score (nSPS) is 20.8. The predicted molar refractivity (Wildman–Crippen MR) is 210 cm³/mol. The molecule has 0 radical (unpaired) electrons. The van der Waals surface area contributed by atoms with E-state index in [2.05, 4.69) is 0 Å². The van der Waals surface area contributed by atoms with Crippen LogP contribution in [0, 0.1) is 34.9 Å². The third kappa shape index (κ3) is 7.82. The third-order valence-electron chi connectivity index (χ3n) is 11.7. The van der Waals surface area contributed by atoms with E-state index in [1.165, 1.54) is 0 Å². The molecule has 0 fully saturated rings. The summed E-state index contributed by atoms with van der Waals surface area (Å²) in [6, 6.07) is 30.8. The Bertz CT molecular complexity index is 2070. The number of rotatable bonds is 0. The summed E-state index contributed by atoms with van der Waals surface area (Å²) >= 11 is 0. The number of benzene rings is 6. The van der Waals surface area contributed by atoms with Crippen molar-refractivity contribution in [3.8, 4) is 0 Å². The lowest BCUT2D eigenvalue weighted by Gasteiger charge is -2.29. The standard InChI is InChI=1S/C48H42F6N4/c49-43-31-7-1-8-32(43)20-56-22-34-10-2-9-33(44(34)50)21-55(19-31)27-39-15-5-17-41(47(39)53)29-57-23-35-11-3-12-36(45(35)51)24-58(26-38-14-4-13-37(25-57)46(38)52)30-42-18-6-16-40(28-56)48(42)54/h1-18H,19-30H2. The lowest BCUT2D eigenvalue weighted by molar-refractivity contribution is 0.216. The van der Waals surface area contributed by atoms with Crippen LogP contribution in [0.25, 0.3) is 0 Å². The van der Waals surface area contributed by atoms with Crippen molar-refractivity contribution in [3.63, 3.8) is 0 Å². The first-order valence-electron chi connectivity index (χ1n) is 19.6. The van der Waals surface area contributed by atoms with Crippen LogP contribution >= 0.6 is 0 Å². The van der Waals surface area contributed by atoms with Gasteiger partial charge in [-0.3, -0.25) is 19.6 Å². The number of fused-ring (bicyclic) bond motifs is 2. The largest absolute Gasteiger partial charge is 0.290 e. The molecular weight excluding hydrogens is 747 g/mol. The van der Waals surface area contributed by atoms with Crippen molar-refractivity contribution in [2.45, 2.75) is 78.5 Å². The van der Waals surface area contributed by atoms with Gasteiger partial charge < -0.3 is 0 Å². The second kappa shape index (κ2) is 16.2. The topological polar surface area (TPSA) is 13.0 Å². The molecule has 6 aromatic rings. The Morgan fingerprint density at radius 3 is 0.414 bits per heavy atom.